The molecule has 1 aromatic heterocycles. The third-order valence-electron chi connectivity index (χ3n) is 2.35. The molecule has 0 fully saturated rings. The van der Waals surface area contributed by atoms with Gasteiger partial charge in [0.2, 0.25) is 0 Å². The van der Waals surface area contributed by atoms with Crippen molar-refractivity contribution >= 4 is 55.1 Å². The molecular weight excluding hydrogens is 402 g/mol. The molecule has 0 aromatic carbocycles. The van der Waals surface area contributed by atoms with Gasteiger partial charge in [-0.1, -0.05) is 0 Å². The fourth-order valence-electron chi connectivity index (χ4n) is 1.43. The van der Waals surface area contributed by atoms with Crippen molar-refractivity contribution in [2.45, 2.75) is 13.8 Å². The van der Waals surface area contributed by atoms with Gasteiger partial charge in [-0.3, -0.25) is 4.79 Å². The Hall–Kier alpha value is -0.600. The average Bonchev–Trinajstić information content (AvgIpc) is 2.64. The molecule has 1 N–H and O–H groups in total. The third kappa shape index (κ3) is 3.93. The number of amides is 1. The molecule has 0 saturated heterocycles. The predicted molar refractivity (Wildman–Crippen MR) is 80.1 cm³/mol. The zero-order valence-electron chi connectivity index (χ0n) is 10.4. The number of carbonyl (C=O) groups excluding carboxylic acids is 1. The van der Waals surface area contributed by atoms with Gasteiger partial charge in [-0.05, 0) is 45.7 Å². The molecule has 8 heteroatoms. The highest BCUT2D eigenvalue weighted by Crippen LogP contribution is 2.43. The number of ether oxygens (including phenoxy) is 1. The first-order valence-electron chi connectivity index (χ1n) is 5.53. The van der Waals surface area contributed by atoms with Crippen LogP contribution < -0.4 is 4.74 Å². The van der Waals surface area contributed by atoms with Crippen molar-refractivity contribution in [2.24, 2.45) is 0 Å². The Kier molecular flexibility index (Phi) is 6.28. The molecule has 0 saturated carbocycles. The maximum atomic E-state index is 12.3. The summed E-state index contributed by atoms with van der Waals surface area (Å²) < 4.78 is 6.46. The fourth-order valence-corrected chi connectivity index (χ4v) is 3.61. The van der Waals surface area contributed by atoms with E-state index in [0.29, 0.717) is 26.2 Å². The zero-order chi connectivity index (χ0) is 14.6. The number of rotatable bonds is 6. The maximum Gasteiger partial charge on any atom is 0.341 e. The standard InChI is InChI=1S/C11H13Br2NO4S/c1-3-14(4-2)11(17)9-8(18-5-6(15)16)7(12)10(13)19-9/h3-5H2,1-2H3,(H,15,16). The minimum absolute atomic E-state index is 0.165. The highest BCUT2D eigenvalue weighted by atomic mass is 79.9. The van der Waals surface area contributed by atoms with E-state index in [9.17, 15) is 9.59 Å². The van der Waals surface area contributed by atoms with Crippen LogP contribution in [0.3, 0.4) is 0 Å². The van der Waals surface area contributed by atoms with Crippen LogP contribution in [0.1, 0.15) is 23.5 Å². The van der Waals surface area contributed by atoms with Crippen LogP contribution in [0.25, 0.3) is 0 Å². The molecule has 19 heavy (non-hydrogen) atoms. The SMILES string of the molecule is CCN(CC)C(=O)c1sc(Br)c(Br)c1OCC(=O)O. The van der Waals surface area contributed by atoms with Gasteiger partial charge in [0.05, 0.1) is 8.26 Å². The van der Waals surface area contributed by atoms with Gasteiger partial charge in [0.25, 0.3) is 5.91 Å². The number of carbonyl (C=O) groups is 2. The smallest absolute Gasteiger partial charge is 0.341 e. The number of carboxylic acids is 1. The van der Waals surface area contributed by atoms with Gasteiger partial charge in [-0.15, -0.1) is 11.3 Å². The Balaban J connectivity index is 3.09. The largest absolute Gasteiger partial charge is 0.479 e. The van der Waals surface area contributed by atoms with E-state index in [2.05, 4.69) is 31.9 Å². The van der Waals surface area contributed by atoms with Crippen LogP contribution in [0, 0.1) is 0 Å². The van der Waals surface area contributed by atoms with E-state index >= 15 is 0 Å². The maximum absolute atomic E-state index is 12.3. The predicted octanol–water partition coefficient (Wildman–Crippen LogP) is 3.22. The number of halogens is 2. The van der Waals surface area contributed by atoms with Crippen LogP contribution in [-0.2, 0) is 4.79 Å². The second-order valence-electron chi connectivity index (χ2n) is 3.51. The molecule has 0 unspecified atom stereocenters. The molecule has 106 valence electrons. The van der Waals surface area contributed by atoms with Gasteiger partial charge in [0.1, 0.15) is 4.88 Å². The molecule has 1 amide bonds. The van der Waals surface area contributed by atoms with Crippen LogP contribution in [-0.4, -0.2) is 41.6 Å². The molecular formula is C11H13Br2NO4S. The van der Waals surface area contributed by atoms with Crippen molar-refractivity contribution in [1.29, 1.82) is 0 Å². The molecule has 0 spiro atoms. The lowest BCUT2D eigenvalue weighted by molar-refractivity contribution is -0.139. The van der Waals surface area contributed by atoms with Gasteiger partial charge < -0.3 is 14.7 Å². The molecule has 0 bridgehead atoms. The van der Waals surface area contributed by atoms with Gasteiger partial charge in [0, 0.05) is 13.1 Å². The summed E-state index contributed by atoms with van der Waals surface area (Å²) >= 11 is 7.82. The van der Waals surface area contributed by atoms with Crippen LogP contribution in [0.15, 0.2) is 8.26 Å². The van der Waals surface area contributed by atoms with Crippen molar-refractivity contribution in [1.82, 2.24) is 4.90 Å². The zero-order valence-corrected chi connectivity index (χ0v) is 14.4. The number of aliphatic carboxylic acids is 1. The van der Waals surface area contributed by atoms with Gasteiger partial charge in [-0.25, -0.2) is 4.79 Å². The molecule has 0 aliphatic carbocycles. The van der Waals surface area contributed by atoms with Crippen molar-refractivity contribution in [3.05, 3.63) is 13.1 Å². The van der Waals surface area contributed by atoms with E-state index in [1.165, 1.54) is 11.3 Å². The Morgan fingerprint density at radius 1 is 1.32 bits per heavy atom. The second kappa shape index (κ2) is 7.25. The fraction of sp³-hybridized carbons (Fsp3) is 0.455. The highest BCUT2D eigenvalue weighted by molar-refractivity contribution is 9.13. The summed E-state index contributed by atoms with van der Waals surface area (Å²) in [6, 6.07) is 0. The lowest BCUT2D eigenvalue weighted by Gasteiger charge is -2.18. The number of nitrogens with zero attached hydrogens (tertiary/aromatic N) is 1. The second-order valence-corrected chi connectivity index (χ2v) is 6.64. The molecule has 0 radical (unpaired) electrons. The van der Waals surface area contributed by atoms with Crippen LogP contribution in [0.5, 0.6) is 5.75 Å². The van der Waals surface area contributed by atoms with E-state index in [1.54, 1.807) is 4.90 Å². The number of carboxylic acid groups (broad SMARTS) is 1. The first-order chi connectivity index (χ1) is 8.92. The summed E-state index contributed by atoms with van der Waals surface area (Å²) in [4.78, 5) is 24.9. The quantitative estimate of drug-likeness (QED) is 0.775. The van der Waals surface area contributed by atoms with E-state index in [0.717, 1.165) is 0 Å². The van der Waals surface area contributed by atoms with Crippen molar-refractivity contribution in [2.75, 3.05) is 19.7 Å². The van der Waals surface area contributed by atoms with E-state index in [-0.39, 0.29) is 11.7 Å². The molecule has 0 atom stereocenters. The number of hydrogen-bond acceptors (Lipinski definition) is 4. The normalized spacial score (nSPS) is 10.3. The van der Waals surface area contributed by atoms with E-state index in [4.69, 9.17) is 9.84 Å². The summed E-state index contributed by atoms with van der Waals surface area (Å²) in [5, 5.41) is 8.66. The summed E-state index contributed by atoms with van der Waals surface area (Å²) in [5.41, 5.74) is 0. The molecule has 1 heterocycles. The molecule has 1 aromatic rings. The molecule has 0 aliphatic heterocycles. The summed E-state index contributed by atoms with van der Waals surface area (Å²) in [6.07, 6.45) is 0. The average molecular weight is 415 g/mol. The van der Waals surface area contributed by atoms with Crippen molar-refractivity contribution < 1.29 is 19.4 Å². The van der Waals surface area contributed by atoms with E-state index < -0.39 is 12.6 Å². The van der Waals surface area contributed by atoms with Gasteiger partial charge in [0.15, 0.2) is 12.4 Å². The topological polar surface area (TPSA) is 66.8 Å². The van der Waals surface area contributed by atoms with Crippen molar-refractivity contribution in [3.63, 3.8) is 0 Å². The minimum Gasteiger partial charge on any atom is -0.479 e. The van der Waals surface area contributed by atoms with Crippen molar-refractivity contribution in [3.8, 4) is 5.75 Å². The monoisotopic (exact) mass is 413 g/mol. The first-order valence-corrected chi connectivity index (χ1v) is 7.94. The molecule has 1 rings (SSSR count). The Bertz CT molecular complexity index is 485. The van der Waals surface area contributed by atoms with Gasteiger partial charge >= 0.3 is 5.97 Å². The molecule has 5 nitrogen and oxygen atoms in total. The minimum atomic E-state index is -1.09. The highest BCUT2D eigenvalue weighted by Gasteiger charge is 2.25. The lowest BCUT2D eigenvalue weighted by atomic mass is 10.3. The Labute approximate surface area is 131 Å². The Morgan fingerprint density at radius 2 is 1.89 bits per heavy atom. The van der Waals surface area contributed by atoms with Crippen LogP contribution >= 0.6 is 43.2 Å². The first kappa shape index (κ1) is 16.5. The van der Waals surface area contributed by atoms with E-state index in [1.807, 2.05) is 13.8 Å². The summed E-state index contributed by atoms with van der Waals surface area (Å²) in [7, 11) is 0. The van der Waals surface area contributed by atoms with Crippen LogP contribution in [0.4, 0.5) is 0 Å². The third-order valence-corrected chi connectivity index (χ3v) is 5.74. The number of thiophene rings is 1. The van der Waals surface area contributed by atoms with Gasteiger partial charge in [-0.2, -0.15) is 0 Å². The summed E-state index contributed by atoms with van der Waals surface area (Å²) in [5.74, 6) is -0.978. The molecule has 0 aliphatic rings. The van der Waals surface area contributed by atoms with Crippen LogP contribution in [0.2, 0.25) is 0 Å². The lowest BCUT2D eigenvalue weighted by Crippen LogP contribution is -2.30. The number of hydrogen-bond donors (Lipinski definition) is 1. The Morgan fingerprint density at radius 3 is 2.37 bits per heavy atom. The summed E-state index contributed by atoms with van der Waals surface area (Å²) in [6.45, 7) is 4.45.